The van der Waals surface area contributed by atoms with Gasteiger partial charge in [0.1, 0.15) is 0 Å². The van der Waals surface area contributed by atoms with E-state index in [0.717, 1.165) is 57.8 Å². The molecule has 0 bridgehead atoms. The molecule has 0 aliphatic carbocycles. The van der Waals surface area contributed by atoms with Crippen molar-refractivity contribution in [2.75, 3.05) is 19.8 Å². The van der Waals surface area contributed by atoms with E-state index in [0.29, 0.717) is 39.1 Å². The average Bonchev–Trinajstić information content (AvgIpc) is 3.30. The smallest absolute Gasteiger partial charge is 0.307 e. The van der Waals surface area contributed by atoms with Gasteiger partial charge in [-0.1, -0.05) is 0 Å². The first-order chi connectivity index (χ1) is 17.1. The van der Waals surface area contributed by atoms with Crippen molar-refractivity contribution in [3.63, 3.8) is 0 Å². The zero-order chi connectivity index (χ0) is 27.2. The van der Waals surface area contributed by atoms with Crippen molar-refractivity contribution in [3.8, 4) is 0 Å². The van der Waals surface area contributed by atoms with Gasteiger partial charge in [-0.3, -0.25) is 28.8 Å². The highest BCUT2D eigenvalue weighted by Gasteiger charge is 2.23. The number of rotatable bonds is 5. The summed E-state index contributed by atoms with van der Waals surface area (Å²) < 4.78 is 14.3. The first-order valence-corrected chi connectivity index (χ1v) is 12.2. The van der Waals surface area contributed by atoms with Gasteiger partial charge in [-0.15, -0.1) is 0 Å². The van der Waals surface area contributed by atoms with E-state index in [1.54, 1.807) is 0 Å². The Morgan fingerprint density at radius 3 is 1.11 bits per heavy atom. The fourth-order valence-corrected chi connectivity index (χ4v) is 3.09. The predicted octanol–water partition coefficient (Wildman–Crippen LogP) is 2.95. The number of hydrogen-bond donors (Lipinski definition) is 3. The second-order valence-corrected chi connectivity index (χ2v) is 8.32. The van der Waals surface area contributed by atoms with Crippen LogP contribution >= 0.6 is 0 Å². The van der Waals surface area contributed by atoms with Gasteiger partial charge in [-0.25, -0.2) is 0 Å². The third-order valence-electron chi connectivity index (χ3n) is 5.06. The van der Waals surface area contributed by atoms with Crippen LogP contribution < -0.4 is 0 Å². The fourth-order valence-electron chi connectivity index (χ4n) is 3.09. The highest BCUT2D eigenvalue weighted by atomic mass is 16.5. The number of ether oxygens (including phenoxy) is 3. The highest BCUT2D eigenvalue weighted by molar-refractivity contribution is 5.82. The van der Waals surface area contributed by atoms with Crippen LogP contribution in [0, 0.1) is 5.92 Å². The van der Waals surface area contributed by atoms with Gasteiger partial charge in [0.25, 0.3) is 0 Å². The lowest BCUT2D eigenvalue weighted by Gasteiger charge is -2.04. The summed E-state index contributed by atoms with van der Waals surface area (Å²) in [6.07, 6.45) is 10.2. The summed E-state index contributed by atoms with van der Waals surface area (Å²) in [5.41, 5.74) is 0. The van der Waals surface area contributed by atoms with Gasteiger partial charge in [0.05, 0.1) is 38.6 Å². The molecule has 3 heterocycles. The number of cyclic esters (lactones) is 3. The second kappa shape index (κ2) is 21.1. The SMILES string of the molecule is O=C(O)CC(CC(=O)O)C(=O)O.O=C1CCCCCO1.O=C1CCCCCO1.O=C1CCCCCO1. The molecule has 3 aliphatic rings. The molecule has 3 N–H and O–H groups in total. The Morgan fingerprint density at radius 2 is 0.861 bits per heavy atom. The molecule has 0 aromatic rings. The molecule has 0 spiro atoms. The highest BCUT2D eigenvalue weighted by Crippen LogP contribution is 2.09. The molecule has 0 saturated carbocycles. The van der Waals surface area contributed by atoms with E-state index in [9.17, 15) is 28.8 Å². The van der Waals surface area contributed by atoms with Crippen molar-refractivity contribution in [1.82, 2.24) is 0 Å². The van der Waals surface area contributed by atoms with Crippen molar-refractivity contribution in [3.05, 3.63) is 0 Å². The molecule has 3 rings (SSSR count). The summed E-state index contributed by atoms with van der Waals surface area (Å²) in [5, 5.41) is 24.7. The molecule has 0 aromatic carbocycles. The molecular weight excluding hydrogens is 480 g/mol. The number of carboxylic acid groups (broad SMARTS) is 3. The fraction of sp³-hybridized carbons (Fsp3) is 0.750. The van der Waals surface area contributed by atoms with Gasteiger partial charge in [-0.05, 0) is 57.8 Å². The molecule has 36 heavy (non-hydrogen) atoms. The Kier molecular flexibility index (Phi) is 19.3. The lowest BCUT2D eigenvalue weighted by atomic mass is 10.0. The van der Waals surface area contributed by atoms with Gasteiger partial charge in [0, 0.05) is 19.3 Å². The quantitative estimate of drug-likeness (QED) is 0.357. The zero-order valence-corrected chi connectivity index (χ0v) is 20.6. The van der Waals surface area contributed by atoms with E-state index in [-0.39, 0.29) is 17.9 Å². The molecule has 0 atom stereocenters. The van der Waals surface area contributed by atoms with Gasteiger partial charge in [-0.2, -0.15) is 0 Å². The average molecular weight is 519 g/mol. The van der Waals surface area contributed by atoms with Crippen LogP contribution in [-0.2, 0) is 43.0 Å². The number of aliphatic carboxylic acids is 3. The van der Waals surface area contributed by atoms with E-state index >= 15 is 0 Å². The molecule has 12 nitrogen and oxygen atoms in total. The number of carbonyl (C=O) groups excluding carboxylic acids is 3. The van der Waals surface area contributed by atoms with Crippen LogP contribution in [0.2, 0.25) is 0 Å². The van der Waals surface area contributed by atoms with Crippen molar-refractivity contribution in [1.29, 1.82) is 0 Å². The molecule has 3 saturated heterocycles. The maximum Gasteiger partial charge on any atom is 0.307 e. The van der Waals surface area contributed by atoms with Crippen LogP contribution in [0.1, 0.15) is 89.9 Å². The minimum Gasteiger partial charge on any atom is -0.481 e. The standard InChI is InChI=1S/C6H8O6.3C6H10O2/c7-4(8)1-3(6(11)12)2-5(9)10;3*7-6-4-2-1-3-5-8-6/h3H,1-2H2,(H,7,8)(H,9,10)(H,11,12);3*1-5H2. The molecule has 0 unspecified atom stereocenters. The first-order valence-electron chi connectivity index (χ1n) is 12.2. The zero-order valence-electron chi connectivity index (χ0n) is 20.6. The summed E-state index contributed by atoms with van der Waals surface area (Å²) >= 11 is 0. The molecule has 3 fully saturated rings. The van der Waals surface area contributed by atoms with Crippen LogP contribution in [-0.4, -0.2) is 71.0 Å². The van der Waals surface area contributed by atoms with Crippen LogP contribution in [0.3, 0.4) is 0 Å². The number of esters is 3. The monoisotopic (exact) mass is 518 g/mol. The molecule has 0 aromatic heterocycles. The summed E-state index contributed by atoms with van der Waals surface area (Å²) in [4.78, 5) is 61.7. The number of carboxylic acids is 3. The summed E-state index contributed by atoms with van der Waals surface area (Å²) in [7, 11) is 0. The maximum absolute atomic E-state index is 10.5. The number of hydrogen-bond acceptors (Lipinski definition) is 9. The van der Waals surface area contributed by atoms with E-state index in [4.69, 9.17) is 29.5 Å². The molecule has 0 radical (unpaired) electrons. The minimum atomic E-state index is -1.40. The third kappa shape index (κ3) is 21.4. The molecule has 0 amide bonds. The predicted molar refractivity (Wildman–Crippen MR) is 124 cm³/mol. The van der Waals surface area contributed by atoms with E-state index in [2.05, 4.69) is 0 Å². The third-order valence-corrected chi connectivity index (χ3v) is 5.06. The summed E-state index contributed by atoms with van der Waals surface area (Å²) in [5.74, 6) is -5.46. The molecule has 206 valence electrons. The van der Waals surface area contributed by atoms with Crippen molar-refractivity contribution in [2.45, 2.75) is 89.9 Å². The lowest BCUT2D eigenvalue weighted by Crippen LogP contribution is -2.20. The van der Waals surface area contributed by atoms with Crippen LogP contribution in [0.25, 0.3) is 0 Å². The lowest BCUT2D eigenvalue weighted by molar-refractivity contribution is -0.152. The van der Waals surface area contributed by atoms with Gasteiger partial charge in [0.2, 0.25) is 0 Å². The minimum absolute atomic E-state index is 0.0255. The largest absolute Gasteiger partial charge is 0.481 e. The molecule has 3 aliphatic heterocycles. The summed E-state index contributed by atoms with van der Waals surface area (Å²) in [6, 6.07) is 0. The van der Waals surface area contributed by atoms with Gasteiger partial charge >= 0.3 is 35.8 Å². The molecule has 12 heteroatoms. The van der Waals surface area contributed by atoms with Crippen molar-refractivity contribution < 1.29 is 58.3 Å². The Hall–Kier alpha value is -3.18. The van der Waals surface area contributed by atoms with Crippen molar-refractivity contribution >= 4 is 35.8 Å². The van der Waals surface area contributed by atoms with E-state index < -0.39 is 36.7 Å². The van der Waals surface area contributed by atoms with Crippen molar-refractivity contribution in [2.24, 2.45) is 5.92 Å². The van der Waals surface area contributed by atoms with Crippen LogP contribution in [0.15, 0.2) is 0 Å². The Labute approximate surface area is 210 Å². The normalized spacial score (nSPS) is 17.8. The van der Waals surface area contributed by atoms with Gasteiger partial charge < -0.3 is 29.5 Å². The van der Waals surface area contributed by atoms with E-state index in [1.807, 2.05) is 0 Å². The molecular formula is C24H38O12. The van der Waals surface area contributed by atoms with Gasteiger partial charge in [0.15, 0.2) is 0 Å². The maximum atomic E-state index is 10.5. The Balaban J connectivity index is 0.000000460. The topological polar surface area (TPSA) is 191 Å². The van der Waals surface area contributed by atoms with Crippen LogP contribution in [0.5, 0.6) is 0 Å². The second-order valence-electron chi connectivity index (χ2n) is 8.32. The van der Waals surface area contributed by atoms with Crippen LogP contribution in [0.4, 0.5) is 0 Å². The van der Waals surface area contributed by atoms with E-state index in [1.165, 1.54) is 0 Å². The first kappa shape index (κ1) is 32.8. The Bertz CT molecular complexity index is 600. The number of carbonyl (C=O) groups is 6. The summed E-state index contributed by atoms with van der Waals surface area (Å²) in [6.45, 7) is 1.91. The Morgan fingerprint density at radius 1 is 0.556 bits per heavy atom.